The lowest BCUT2D eigenvalue weighted by atomic mass is 10.2. The standard InChI is InChI=1S/C18H27N3O3/c1-14(2)19-18(23)21-10-4-9-20(11-12-21)17(22)13-24-16-7-5-15(3)6-8-16/h5-8,14H,4,9-13H2,1-3H3,(H,19,23). The van der Waals surface area contributed by atoms with Gasteiger partial charge in [-0.1, -0.05) is 17.7 Å². The molecule has 1 fully saturated rings. The van der Waals surface area contributed by atoms with Crippen molar-refractivity contribution in [2.75, 3.05) is 32.8 Å². The molecule has 1 saturated heterocycles. The third-order valence-corrected chi connectivity index (χ3v) is 3.93. The number of aryl methyl sites for hydroxylation is 1. The van der Waals surface area contributed by atoms with Gasteiger partial charge < -0.3 is 19.9 Å². The number of urea groups is 1. The number of nitrogens with one attached hydrogen (secondary N) is 1. The van der Waals surface area contributed by atoms with Crippen LogP contribution < -0.4 is 10.1 Å². The number of hydrogen-bond acceptors (Lipinski definition) is 3. The lowest BCUT2D eigenvalue weighted by molar-refractivity contribution is -0.133. The zero-order chi connectivity index (χ0) is 17.5. The summed E-state index contributed by atoms with van der Waals surface area (Å²) in [5, 5.41) is 2.89. The molecule has 0 saturated carbocycles. The van der Waals surface area contributed by atoms with Crippen LogP contribution >= 0.6 is 0 Å². The van der Waals surface area contributed by atoms with Gasteiger partial charge >= 0.3 is 6.03 Å². The van der Waals surface area contributed by atoms with Crippen molar-refractivity contribution in [1.29, 1.82) is 0 Å². The lowest BCUT2D eigenvalue weighted by Crippen LogP contribution is -2.45. The minimum atomic E-state index is -0.0600. The van der Waals surface area contributed by atoms with E-state index in [4.69, 9.17) is 4.74 Å². The summed E-state index contributed by atoms with van der Waals surface area (Å²) < 4.78 is 5.56. The van der Waals surface area contributed by atoms with Crippen LogP contribution in [0.1, 0.15) is 25.8 Å². The van der Waals surface area contributed by atoms with E-state index in [0.717, 1.165) is 12.0 Å². The average Bonchev–Trinajstić information content (AvgIpc) is 2.79. The van der Waals surface area contributed by atoms with Crippen LogP contribution in [0.3, 0.4) is 0 Å². The monoisotopic (exact) mass is 333 g/mol. The number of carbonyl (C=O) groups is 2. The molecule has 1 N–H and O–H groups in total. The molecule has 6 nitrogen and oxygen atoms in total. The summed E-state index contributed by atoms with van der Waals surface area (Å²) in [4.78, 5) is 27.9. The summed E-state index contributed by atoms with van der Waals surface area (Å²) in [6.45, 7) is 8.33. The fourth-order valence-electron chi connectivity index (χ4n) is 2.58. The summed E-state index contributed by atoms with van der Waals surface area (Å²) in [5.41, 5.74) is 1.15. The van der Waals surface area contributed by atoms with E-state index in [9.17, 15) is 9.59 Å². The molecule has 0 aromatic heterocycles. The number of amides is 3. The molecule has 0 radical (unpaired) electrons. The van der Waals surface area contributed by atoms with E-state index in [2.05, 4.69) is 5.32 Å². The molecule has 132 valence electrons. The van der Waals surface area contributed by atoms with E-state index in [-0.39, 0.29) is 24.6 Å². The Hall–Kier alpha value is -2.24. The number of nitrogens with zero attached hydrogens (tertiary/aromatic N) is 2. The maximum Gasteiger partial charge on any atom is 0.317 e. The van der Waals surface area contributed by atoms with Gasteiger partial charge in [-0.05, 0) is 39.3 Å². The van der Waals surface area contributed by atoms with Crippen molar-refractivity contribution >= 4 is 11.9 Å². The van der Waals surface area contributed by atoms with Crippen LogP contribution in [0.2, 0.25) is 0 Å². The molecule has 0 spiro atoms. The van der Waals surface area contributed by atoms with Crippen LogP contribution in [0.15, 0.2) is 24.3 Å². The van der Waals surface area contributed by atoms with Crippen LogP contribution in [0.4, 0.5) is 4.79 Å². The second-order valence-electron chi connectivity index (χ2n) is 6.43. The summed E-state index contributed by atoms with van der Waals surface area (Å²) >= 11 is 0. The Kier molecular flexibility index (Phi) is 6.46. The maximum atomic E-state index is 12.3. The van der Waals surface area contributed by atoms with E-state index in [0.29, 0.717) is 31.9 Å². The molecule has 2 rings (SSSR count). The van der Waals surface area contributed by atoms with Crippen molar-refractivity contribution in [2.24, 2.45) is 0 Å². The highest BCUT2D eigenvalue weighted by Crippen LogP contribution is 2.12. The molecular formula is C18H27N3O3. The Morgan fingerprint density at radius 1 is 1.08 bits per heavy atom. The predicted molar refractivity (Wildman–Crippen MR) is 93.1 cm³/mol. The maximum absolute atomic E-state index is 12.3. The number of ether oxygens (including phenoxy) is 1. The quantitative estimate of drug-likeness (QED) is 0.917. The van der Waals surface area contributed by atoms with Crippen molar-refractivity contribution in [3.63, 3.8) is 0 Å². The first-order chi connectivity index (χ1) is 11.5. The van der Waals surface area contributed by atoms with E-state index in [1.165, 1.54) is 0 Å². The number of rotatable bonds is 4. The van der Waals surface area contributed by atoms with Crippen LogP contribution in [-0.2, 0) is 4.79 Å². The molecule has 1 aliphatic heterocycles. The molecule has 24 heavy (non-hydrogen) atoms. The van der Waals surface area contributed by atoms with Gasteiger partial charge in [0.15, 0.2) is 6.61 Å². The van der Waals surface area contributed by atoms with Gasteiger partial charge in [-0.15, -0.1) is 0 Å². The van der Waals surface area contributed by atoms with Crippen LogP contribution in [0, 0.1) is 6.92 Å². The molecule has 1 aromatic carbocycles. The molecule has 0 bridgehead atoms. The Bertz CT molecular complexity index is 557. The summed E-state index contributed by atoms with van der Waals surface area (Å²) in [7, 11) is 0. The van der Waals surface area contributed by atoms with Crippen LogP contribution in [0.25, 0.3) is 0 Å². The predicted octanol–water partition coefficient (Wildman–Crippen LogP) is 2.03. The average molecular weight is 333 g/mol. The normalized spacial score (nSPS) is 15.2. The summed E-state index contributed by atoms with van der Waals surface area (Å²) in [6, 6.07) is 7.69. The minimum Gasteiger partial charge on any atom is -0.484 e. The van der Waals surface area contributed by atoms with E-state index in [1.54, 1.807) is 9.80 Å². The first-order valence-electron chi connectivity index (χ1n) is 8.48. The lowest BCUT2D eigenvalue weighted by Gasteiger charge is -2.23. The highest BCUT2D eigenvalue weighted by atomic mass is 16.5. The SMILES string of the molecule is Cc1ccc(OCC(=O)N2CCCN(C(=O)NC(C)C)CC2)cc1. The molecule has 1 aromatic rings. The largest absolute Gasteiger partial charge is 0.484 e. The zero-order valence-corrected chi connectivity index (χ0v) is 14.7. The van der Waals surface area contributed by atoms with Crippen molar-refractivity contribution in [3.8, 4) is 5.75 Å². The smallest absolute Gasteiger partial charge is 0.317 e. The molecule has 0 atom stereocenters. The third kappa shape index (κ3) is 5.44. The zero-order valence-electron chi connectivity index (χ0n) is 14.7. The van der Waals surface area contributed by atoms with E-state index < -0.39 is 0 Å². The number of carbonyl (C=O) groups excluding carboxylic acids is 2. The van der Waals surface area contributed by atoms with Gasteiger partial charge in [-0.2, -0.15) is 0 Å². The van der Waals surface area contributed by atoms with E-state index in [1.807, 2.05) is 45.0 Å². The first-order valence-corrected chi connectivity index (χ1v) is 8.48. The van der Waals surface area contributed by atoms with Crippen molar-refractivity contribution in [1.82, 2.24) is 15.1 Å². The first kappa shape index (κ1) is 18.1. The van der Waals surface area contributed by atoms with Gasteiger partial charge in [0, 0.05) is 32.2 Å². The van der Waals surface area contributed by atoms with Crippen molar-refractivity contribution in [3.05, 3.63) is 29.8 Å². The fourth-order valence-corrected chi connectivity index (χ4v) is 2.58. The summed E-state index contributed by atoms with van der Waals surface area (Å²) in [6.07, 6.45) is 0.780. The highest BCUT2D eigenvalue weighted by Gasteiger charge is 2.22. The highest BCUT2D eigenvalue weighted by molar-refractivity contribution is 5.78. The van der Waals surface area contributed by atoms with Gasteiger partial charge in [0.1, 0.15) is 5.75 Å². The summed E-state index contributed by atoms with van der Waals surface area (Å²) in [5.74, 6) is 0.656. The molecular weight excluding hydrogens is 306 g/mol. The molecule has 3 amide bonds. The van der Waals surface area contributed by atoms with E-state index >= 15 is 0 Å². The third-order valence-electron chi connectivity index (χ3n) is 3.93. The molecule has 0 unspecified atom stereocenters. The van der Waals surface area contributed by atoms with Gasteiger partial charge in [0.05, 0.1) is 0 Å². The van der Waals surface area contributed by atoms with Gasteiger partial charge in [-0.3, -0.25) is 4.79 Å². The Balaban J connectivity index is 1.81. The van der Waals surface area contributed by atoms with Gasteiger partial charge in [-0.25, -0.2) is 4.79 Å². The second kappa shape index (κ2) is 8.57. The molecule has 1 aliphatic rings. The minimum absolute atomic E-state index is 0.0290. The van der Waals surface area contributed by atoms with Gasteiger partial charge in [0.2, 0.25) is 0 Å². The Labute approximate surface area is 143 Å². The Morgan fingerprint density at radius 2 is 1.71 bits per heavy atom. The number of benzene rings is 1. The van der Waals surface area contributed by atoms with Crippen molar-refractivity contribution in [2.45, 2.75) is 33.2 Å². The number of hydrogen-bond donors (Lipinski definition) is 1. The van der Waals surface area contributed by atoms with Gasteiger partial charge in [0.25, 0.3) is 5.91 Å². The molecule has 6 heteroatoms. The fraction of sp³-hybridized carbons (Fsp3) is 0.556. The Morgan fingerprint density at radius 3 is 2.38 bits per heavy atom. The topological polar surface area (TPSA) is 61.9 Å². The molecule has 1 heterocycles. The van der Waals surface area contributed by atoms with Crippen LogP contribution in [-0.4, -0.2) is 60.6 Å². The van der Waals surface area contributed by atoms with Crippen molar-refractivity contribution < 1.29 is 14.3 Å². The second-order valence-corrected chi connectivity index (χ2v) is 6.43. The molecule has 0 aliphatic carbocycles. The van der Waals surface area contributed by atoms with Crippen LogP contribution in [0.5, 0.6) is 5.75 Å².